The molecule has 0 aliphatic carbocycles. The molecular weight excluding hydrogens is 322 g/mol. The molecule has 1 fully saturated rings. The van der Waals surface area contributed by atoms with Gasteiger partial charge in [0.1, 0.15) is 0 Å². The Kier molecular flexibility index (Phi) is 5.05. The highest BCUT2D eigenvalue weighted by Crippen LogP contribution is 2.15. The lowest BCUT2D eigenvalue weighted by Crippen LogP contribution is -2.42. The molecule has 0 saturated carbocycles. The Morgan fingerprint density at radius 3 is 2.52 bits per heavy atom. The summed E-state index contributed by atoms with van der Waals surface area (Å²) in [6.45, 7) is 0.578. The van der Waals surface area contributed by atoms with Gasteiger partial charge in [0.05, 0.1) is 12.2 Å². The van der Waals surface area contributed by atoms with E-state index in [1.54, 1.807) is 17.8 Å². The first kappa shape index (κ1) is 17.4. The molecule has 1 aromatic rings. The number of aromatic nitrogens is 2. The summed E-state index contributed by atoms with van der Waals surface area (Å²) < 4.78 is 26.5. The highest BCUT2D eigenvalue weighted by molar-refractivity contribution is 7.88. The Hall–Kier alpha value is -1.94. The topological polar surface area (TPSA) is 105 Å². The second-order valence-corrected chi connectivity index (χ2v) is 7.53. The van der Waals surface area contributed by atoms with Crippen LogP contribution in [0.5, 0.6) is 0 Å². The molecule has 0 unspecified atom stereocenters. The summed E-state index contributed by atoms with van der Waals surface area (Å²) >= 11 is 0. The molecule has 2 amide bonds. The molecule has 0 spiro atoms. The molecule has 0 aromatic carbocycles. The average Bonchev–Trinajstić information content (AvgIpc) is 2.78. The molecule has 23 heavy (non-hydrogen) atoms. The van der Waals surface area contributed by atoms with Crippen LogP contribution in [-0.2, 0) is 21.9 Å². The Bertz CT molecular complexity index is 699. The van der Waals surface area contributed by atoms with Gasteiger partial charge < -0.3 is 14.8 Å². The van der Waals surface area contributed by atoms with Gasteiger partial charge in [-0.2, -0.15) is 4.31 Å². The maximum absolute atomic E-state index is 12.6. The van der Waals surface area contributed by atoms with E-state index in [9.17, 15) is 18.0 Å². The fourth-order valence-corrected chi connectivity index (χ4v) is 3.42. The van der Waals surface area contributed by atoms with Crippen molar-refractivity contribution in [3.8, 4) is 0 Å². The number of carbonyl (C=O) groups is 2. The van der Waals surface area contributed by atoms with E-state index < -0.39 is 15.9 Å². The first-order valence-corrected chi connectivity index (χ1v) is 9.02. The van der Waals surface area contributed by atoms with Gasteiger partial charge in [0.2, 0.25) is 15.9 Å². The lowest BCUT2D eigenvalue weighted by Gasteiger charge is -2.22. The summed E-state index contributed by atoms with van der Waals surface area (Å²) in [7, 11) is -0.246. The predicted molar refractivity (Wildman–Crippen MR) is 83.1 cm³/mol. The quantitative estimate of drug-likeness (QED) is 0.719. The number of hydrogen-bond donors (Lipinski definition) is 1. The van der Waals surface area contributed by atoms with E-state index in [1.165, 1.54) is 22.4 Å². The Balaban J connectivity index is 2.27. The smallest absolute Gasteiger partial charge is 0.289 e. The zero-order valence-electron chi connectivity index (χ0n) is 13.4. The zero-order chi connectivity index (χ0) is 17.2. The van der Waals surface area contributed by atoms with E-state index >= 15 is 0 Å². The molecule has 1 atom stereocenters. The van der Waals surface area contributed by atoms with Gasteiger partial charge in [-0.1, -0.05) is 0 Å². The summed E-state index contributed by atoms with van der Waals surface area (Å²) in [6.07, 6.45) is 4.28. The van der Waals surface area contributed by atoms with Gasteiger partial charge in [0.15, 0.2) is 5.82 Å². The van der Waals surface area contributed by atoms with Gasteiger partial charge in [-0.15, -0.1) is 0 Å². The van der Waals surface area contributed by atoms with Crippen LogP contribution in [0.4, 0.5) is 0 Å². The van der Waals surface area contributed by atoms with E-state index in [4.69, 9.17) is 0 Å². The van der Waals surface area contributed by atoms with Gasteiger partial charge in [0, 0.05) is 52.7 Å². The van der Waals surface area contributed by atoms with E-state index in [2.05, 4.69) is 10.3 Å². The maximum atomic E-state index is 12.6. The minimum Gasteiger partial charge on any atom is -0.359 e. The largest absolute Gasteiger partial charge is 0.359 e. The molecule has 10 heteroatoms. The molecule has 1 aliphatic heterocycles. The summed E-state index contributed by atoms with van der Waals surface area (Å²) in [4.78, 5) is 30.1. The van der Waals surface area contributed by atoms with Crippen molar-refractivity contribution in [1.82, 2.24) is 24.1 Å². The maximum Gasteiger partial charge on any atom is 0.289 e. The van der Waals surface area contributed by atoms with Crippen LogP contribution in [0.2, 0.25) is 0 Å². The first-order chi connectivity index (χ1) is 10.7. The number of imidazole rings is 1. The molecule has 2 heterocycles. The van der Waals surface area contributed by atoms with Crippen molar-refractivity contribution in [2.75, 3.05) is 39.5 Å². The van der Waals surface area contributed by atoms with Crippen molar-refractivity contribution in [3.63, 3.8) is 0 Å². The molecule has 1 saturated heterocycles. The molecule has 1 aromatic heterocycles. The highest BCUT2D eigenvalue weighted by Gasteiger charge is 2.34. The molecule has 1 N–H and O–H groups in total. The summed E-state index contributed by atoms with van der Waals surface area (Å²) in [5.74, 6) is -0.977. The SMILES string of the molecule is CNC(=O)[C@@H]1CN(C(=O)c2nccn2C)CCN(S(C)(=O)=O)C1. The van der Waals surface area contributed by atoms with Crippen molar-refractivity contribution in [3.05, 3.63) is 18.2 Å². The second-order valence-electron chi connectivity index (χ2n) is 5.55. The highest BCUT2D eigenvalue weighted by atomic mass is 32.2. The monoisotopic (exact) mass is 343 g/mol. The van der Waals surface area contributed by atoms with Crippen LogP contribution in [-0.4, -0.2) is 78.5 Å². The van der Waals surface area contributed by atoms with Crippen molar-refractivity contribution >= 4 is 21.8 Å². The lowest BCUT2D eigenvalue weighted by atomic mass is 10.1. The van der Waals surface area contributed by atoms with E-state index in [-0.39, 0.29) is 43.8 Å². The van der Waals surface area contributed by atoms with Crippen molar-refractivity contribution in [1.29, 1.82) is 0 Å². The van der Waals surface area contributed by atoms with Gasteiger partial charge >= 0.3 is 0 Å². The summed E-state index contributed by atoms with van der Waals surface area (Å²) in [5, 5.41) is 2.52. The van der Waals surface area contributed by atoms with Crippen molar-refractivity contribution in [2.45, 2.75) is 0 Å². The van der Waals surface area contributed by atoms with Crippen LogP contribution in [0.25, 0.3) is 0 Å². The van der Waals surface area contributed by atoms with Crippen molar-refractivity contribution in [2.24, 2.45) is 13.0 Å². The first-order valence-electron chi connectivity index (χ1n) is 7.17. The standard InChI is InChI=1S/C13H21N5O4S/c1-14-12(19)10-8-17(6-7-18(9-10)23(3,21)22)13(20)11-15-4-5-16(11)2/h4-5,10H,6-9H2,1-3H3,(H,14,19)/t10-/m1/s1. The third kappa shape index (κ3) is 3.88. The Morgan fingerprint density at radius 1 is 1.30 bits per heavy atom. The van der Waals surface area contributed by atoms with Crippen LogP contribution in [0.15, 0.2) is 12.4 Å². The molecule has 0 bridgehead atoms. The minimum absolute atomic E-state index is 0.0584. The van der Waals surface area contributed by atoms with Crippen LogP contribution in [0.1, 0.15) is 10.6 Å². The predicted octanol–water partition coefficient (Wildman–Crippen LogP) is -1.50. The molecule has 128 valence electrons. The molecular formula is C13H21N5O4S. The lowest BCUT2D eigenvalue weighted by molar-refractivity contribution is -0.124. The molecule has 9 nitrogen and oxygen atoms in total. The Morgan fingerprint density at radius 2 is 2.00 bits per heavy atom. The van der Waals surface area contributed by atoms with Gasteiger partial charge in [-0.25, -0.2) is 13.4 Å². The van der Waals surface area contributed by atoms with E-state index in [0.29, 0.717) is 0 Å². The number of nitrogens with zero attached hydrogens (tertiary/aromatic N) is 4. The van der Waals surface area contributed by atoms with Crippen molar-refractivity contribution < 1.29 is 18.0 Å². The number of aryl methyl sites for hydroxylation is 1. The zero-order valence-corrected chi connectivity index (χ0v) is 14.2. The fourth-order valence-electron chi connectivity index (χ4n) is 2.55. The molecule has 0 radical (unpaired) electrons. The third-order valence-corrected chi connectivity index (χ3v) is 5.14. The number of rotatable bonds is 3. The Labute approximate surface area is 135 Å². The summed E-state index contributed by atoms with van der Waals surface area (Å²) in [5.41, 5.74) is 0. The average molecular weight is 343 g/mol. The van der Waals surface area contributed by atoms with Crippen LogP contribution >= 0.6 is 0 Å². The minimum atomic E-state index is -3.44. The van der Waals surface area contributed by atoms with E-state index in [0.717, 1.165) is 6.26 Å². The summed E-state index contributed by atoms with van der Waals surface area (Å²) in [6, 6.07) is 0. The van der Waals surface area contributed by atoms with Gasteiger partial charge in [-0.3, -0.25) is 9.59 Å². The van der Waals surface area contributed by atoms with E-state index in [1.807, 2.05) is 0 Å². The molecule has 2 rings (SSSR count). The fraction of sp³-hybridized carbons (Fsp3) is 0.615. The number of nitrogens with one attached hydrogen (secondary N) is 1. The van der Waals surface area contributed by atoms with Gasteiger partial charge in [-0.05, 0) is 0 Å². The normalized spacial score (nSPS) is 20.1. The van der Waals surface area contributed by atoms with Gasteiger partial charge in [0.25, 0.3) is 5.91 Å². The molecule has 1 aliphatic rings. The van der Waals surface area contributed by atoms with Crippen LogP contribution < -0.4 is 5.32 Å². The number of sulfonamides is 1. The van der Waals surface area contributed by atoms with Crippen LogP contribution in [0, 0.1) is 5.92 Å². The number of hydrogen-bond acceptors (Lipinski definition) is 5. The number of carbonyl (C=O) groups excluding carboxylic acids is 2. The van der Waals surface area contributed by atoms with Crippen LogP contribution in [0.3, 0.4) is 0 Å². The third-order valence-electron chi connectivity index (χ3n) is 3.87. The number of amides is 2. The second kappa shape index (κ2) is 6.67.